The van der Waals surface area contributed by atoms with Crippen LogP contribution in [0.4, 0.5) is 0 Å². The van der Waals surface area contributed by atoms with E-state index in [1.165, 1.54) is 0 Å². The lowest BCUT2D eigenvalue weighted by atomic mass is 9.79. The number of hydrogen-bond acceptors (Lipinski definition) is 3. The van der Waals surface area contributed by atoms with Crippen molar-refractivity contribution in [2.45, 2.75) is 70.8 Å². The Morgan fingerprint density at radius 1 is 1.23 bits per heavy atom. The maximum atomic E-state index is 12.1. The molecule has 22 heavy (non-hydrogen) atoms. The number of β-amino-alcohol motifs (C(OH)–C–C–N with tert-alkyl or cyclic N) is 1. The monoisotopic (exact) mass is 310 g/mol. The molecule has 2 N–H and O–H groups in total. The molecular weight excluding hydrogens is 276 g/mol. The first kappa shape index (κ1) is 17.7. The van der Waals surface area contributed by atoms with Gasteiger partial charge >= 0.3 is 0 Å². The first-order valence-electron chi connectivity index (χ1n) is 9.25. The van der Waals surface area contributed by atoms with Crippen LogP contribution in [0.25, 0.3) is 0 Å². The highest BCUT2D eigenvalue weighted by atomic mass is 16.3. The molecule has 4 nitrogen and oxygen atoms in total. The third kappa shape index (κ3) is 5.24. The second-order valence-electron chi connectivity index (χ2n) is 7.60. The van der Waals surface area contributed by atoms with Gasteiger partial charge in [-0.05, 0) is 64.0 Å². The van der Waals surface area contributed by atoms with Crippen molar-refractivity contribution < 1.29 is 9.90 Å². The number of nitrogens with zero attached hydrogens (tertiary/aromatic N) is 1. The fourth-order valence-electron chi connectivity index (χ4n) is 3.76. The van der Waals surface area contributed by atoms with Gasteiger partial charge in [0.05, 0.1) is 5.60 Å². The largest absolute Gasteiger partial charge is 0.389 e. The Morgan fingerprint density at radius 3 is 2.45 bits per heavy atom. The molecule has 2 rings (SSSR count). The van der Waals surface area contributed by atoms with E-state index in [1.54, 1.807) is 0 Å². The average Bonchev–Trinajstić information content (AvgIpc) is 2.51. The van der Waals surface area contributed by atoms with Crippen molar-refractivity contribution in [2.75, 3.05) is 26.2 Å². The molecule has 4 heteroatoms. The zero-order valence-electron chi connectivity index (χ0n) is 14.4. The highest BCUT2D eigenvalue weighted by Gasteiger charge is 2.35. The number of amides is 1. The molecule has 1 heterocycles. The number of unbranched alkanes of at least 4 members (excludes halogenated alkanes) is 1. The van der Waals surface area contributed by atoms with E-state index < -0.39 is 5.60 Å². The molecular formula is C18H34N2O2. The lowest BCUT2D eigenvalue weighted by Crippen LogP contribution is -2.49. The summed E-state index contributed by atoms with van der Waals surface area (Å²) in [6.45, 7) is 7.93. The SMILES string of the molecule is CCCCNC(=O)C1CCN(CC2(O)CCC(C)CC2)CC1. The first-order chi connectivity index (χ1) is 10.5. The van der Waals surface area contributed by atoms with Crippen molar-refractivity contribution in [2.24, 2.45) is 11.8 Å². The number of piperidine rings is 1. The number of rotatable bonds is 6. The average molecular weight is 310 g/mol. The molecule has 0 aromatic heterocycles. The van der Waals surface area contributed by atoms with E-state index in [2.05, 4.69) is 24.1 Å². The van der Waals surface area contributed by atoms with Gasteiger partial charge in [0.2, 0.25) is 5.91 Å². The van der Waals surface area contributed by atoms with Gasteiger partial charge in [0.25, 0.3) is 0 Å². The molecule has 2 fully saturated rings. The standard InChI is InChI=1S/C18H34N2O2/c1-3-4-11-19-17(21)16-7-12-20(13-8-16)14-18(22)9-5-15(2)6-10-18/h15-16,22H,3-14H2,1-2H3,(H,19,21). The summed E-state index contributed by atoms with van der Waals surface area (Å²) in [5, 5.41) is 13.8. The summed E-state index contributed by atoms with van der Waals surface area (Å²) >= 11 is 0. The van der Waals surface area contributed by atoms with E-state index >= 15 is 0 Å². The van der Waals surface area contributed by atoms with Gasteiger partial charge in [-0.2, -0.15) is 0 Å². The maximum absolute atomic E-state index is 12.1. The Morgan fingerprint density at radius 2 is 1.86 bits per heavy atom. The molecule has 1 aliphatic carbocycles. The fraction of sp³-hybridized carbons (Fsp3) is 0.944. The van der Waals surface area contributed by atoms with Crippen LogP contribution in [0.3, 0.4) is 0 Å². The van der Waals surface area contributed by atoms with Crippen LogP contribution in [0.2, 0.25) is 0 Å². The summed E-state index contributed by atoms with van der Waals surface area (Å²) in [6, 6.07) is 0. The Labute approximate surface area is 135 Å². The van der Waals surface area contributed by atoms with Crippen molar-refractivity contribution in [3.8, 4) is 0 Å². The van der Waals surface area contributed by atoms with Gasteiger partial charge in [-0.3, -0.25) is 4.79 Å². The van der Waals surface area contributed by atoms with E-state index in [0.717, 1.165) is 83.5 Å². The van der Waals surface area contributed by atoms with E-state index in [9.17, 15) is 9.90 Å². The molecule has 1 amide bonds. The fourth-order valence-corrected chi connectivity index (χ4v) is 3.76. The lowest BCUT2D eigenvalue weighted by molar-refractivity contribution is -0.126. The van der Waals surface area contributed by atoms with Crippen LogP contribution < -0.4 is 5.32 Å². The Hall–Kier alpha value is -0.610. The second kappa shape index (κ2) is 8.30. The number of hydrogen-bond donors (Lipinski definition) is 2. The van der Waals surface area contributed by atoms with Gasteiger partial charge in [0.1, 0.15) is 0 Å². The van der Waals surface area contributed by atoms with Crippen LogP contribution in [0, 0.1) is 11.8 Å². The Kier molecular flexibility index (Phi) is 6.69. The summed E-state index contributed by atoms with van der Waals surface area (Å²) < 4.78 is 0. The van der Waals surface area contributed by atoms with E-state index in [0.29, 0.717) is 0 Å². The zero-order chi connectivity index (χ0) is 16.0. The number of carbonyl (C=O) groups is 1. The molecule has 2 aliphatic rings. The van der Waals surface area contributed by atoms with Gasteiger partial charge in [0.15, 0.2) is 0 Å². The summed E-state index contributed by atoms with van der Waals surface area (Å²) in [6.07, 6.45) is 8.22. The van der Waals surface area contributed by atoms with Crippen molar-refractivity contribution >= 4 is 5.91 Å². The summed E-state index contributed by atoms with van der Waals surface area (Å²) in [7, 11) is 0. The van der Waals surface area contributed by atoms with Crippen LogP contribution in [-0.4, -0.2) is 47.7 Å². The molecule has 0 spiro atoms. The first-order valence-corrected chi connectivity index (χ1v) is 9.25. The molecule has 1 aliphatic heterocycles. The third-order valence-corrected chi connectivity index (χ3v) is 5.51. The van der Waals surface area contributed by atoms with E-state index in [-0.39, 0.29) is 11.8 Å². The van der Waals surface area contributed by atoms with Gasteiger partial charge < -0.3 is 15.3 Å². The quantitative estimate of drug-likeness (QED) is 0.741. The van der Waals surface area contributed by atoms with E-state index in [1.807, 2.05) is 0 Å². The van der Waals surface area contributed by atoms with E-state index in [4.69, 9.17) is 0 Å². The van der Waals surface area contributed by atoms with Gasteiger partial charge in [-0.25, -0.2) is 0 Å². The predicted octanol–water partition coefficient (Wildman–Crippen LogP) is 2.56. The molecule has 0 aromatic rings. The molecule has 1 saturated heterocycles. The number of likely N-dealkylation sites (tertiary alicyclic amines) is 1. The molecule has 0 bridgehead atoms. The Bertz CT molecular complexity index is 343. The Balaban J connectivity index is 1.69. The summed E-state index contributed by atoms with van der Waals surface area (Å²) in [5.41, 5.74) is -0.483. The zero-order valence-corrected chi connectivity index (χ0v) is 14.4. The normalized spacial score (nSPS) is 31.1. The van der Waals surface area contributed by atoms with Crippen LogP contribution in [0.15, 0.2) is 0 Å². The number of nitrogens with one attached hydrogen (secondary N) is 1. The predicted molar refractivity (Wildman–Crippen MR) is 89.7 cm³/mol. The molecule has 1 saturated carbocycles. The minimum Gasteiger partial charge on any atom is -0.389 e. The third-order valence-electron chi connectivity index (χ3n) is 5.51. The summed E-state index contributed by atoms with van der Waals surface area (Å²) in [4.78, 5) is 14.5. The van der Waals surface area contributed by atoms with Crippen LogP contribution in [-0.2, 0) is 4.79 Å². The maximum Gasteiger partial charge on any atom is 0.223 e. The van der Waals surface area contributed by atoms with Crippen molar-refractivity contribution in [1.29, 1.82) is 0 Å². The van der Waals surface area contributed by atoms with Gasteiger partial charge in [-0.15, -0.1) is 0 Å². The number of aliphatic hydroxyl groups is 1. The molecule has 0 aromatic carbocycles. The van der Waals surface area contributed by atoms with Gasteiger partial charge in [-0.1, -0.05) is 20.3 Å². The topological polar surface area (TPSA) is 52.6 Å². The molecule has 0 atom stereocenters. The minimum absolute atomic E-state index is 0.175. The van der Waals surface area contributed by atoms with Crippen LogP contribution >= 0.6 is 0 Å². The highest BCUT2D eigenvalue weighted by molar-refractivity contribution is 5.78. The van der Waals surface area contributed by atoms with Gasteiger partial charge in [0, 0.05) is 19.0 Å². The summed E-state index contributed by atoms with van der Waals surface area (Å²) in [5.74, 6) is 1.17. The van der Waals surface area contributed by atoms with Crippen molar-refractivity contribution in [1.82, 2.24) is 10.2 Å². The molecule has 0 radical (unpaired) electrons. The van der Waals surface area contributed by atoms with Crippen molar-refractivity contribution in [3.63, 3.8) is 0 Å². The van der Waals surface area contributed by atoms with Crippen LogP contribution in [0.5, 0.6) is 0 Å². The lowest BCUT2D eigenvalue weighted by Gasteiger charge is -2.41. The molecule has 128 valence electrons. The number of carbonyl (C=O) groups excluding carboxylic acids is 1. The van der Waals surface area contributed by atoms with Crippen molar-refractivity contribution in [3.05, 3.63) is 0 Å². The van der Waals surface area contributed by atoms with Crippen LogP contribution in [0.1, 0.15) is 65.2 Å². The second-order valence-corrected chi connectivity index (χ2v) is 7.60. The smallest absolute Gasteiger partial charge is 0.223 e. The molecule has 0 unspecified atom stereocenters. The minimum atomic E-state index is -0.483. The highest BCUT2D eigenvalue weighted by Crippen LogP contribution is 2.33.